The minimum Gasteiger partial charge on any atom is -0.376 e. The van der Waals surface area contributed by atoms with Crippen LogP contribution in [0.15, 0.2) is 0 Å². The third kappa shape index (κ3) is 3.51. The smallest absolute Gasteiger partial charge is 0.245 e. The molecule has 3 unspecified atom stereocenters. The molecule has 3 aliphatic rings. The Morgan fingerprint density at radius 3 is 2.55 bits per heavy atom. The predicted molar refractivity (Wildman–Crippen MR) is 76.0 cm³/mol. The second kappa shape index (κ2) is 7.07. The van der Waals surface area contributed by atoms with Crippen molar-refractivity contribution in [3.8, 4) is 0 Å². The molecule has 3 aliphatic carbocycles. The zero-order valence-corrected chi connectivity index (χ0v) is 12.4. The topological polar surface area (TPSA) is 67.4 Å². The van der Waals surface area contributed by atoms with Gasteiger partial charge in [-0.05, 0) is 43.9 Å². The van der Waals surface area contributed by atoms with E-state index in [2.05, 4.69) is 10.6 Å². The summed E-state index contributed by atoms with van der Waals surface area (Å²) in [6.45, 7) is 2.55. The number of likely N-dealkylation sites (N-methyl/N-ethyl adjacent to an activating group) is 1. The van der Waals surface area contributed by atoms with Gasteiger partial charge in [-0.25, -0.2) is 0 Å². The van der Waals surface area contributed by atoms with Crippen LogP contribution in [0.4, 0.5) is 0 Å². The molecule has 0 radical (unpaired) electrons. The molecule has 0 aromatic rings. The van der Waals surface area contributed by atoms with Crippen molar-refractivity contribution in [3.05, 3.63) is 0 Å². The molecule has 2 amide bonds. The lowest BCUT2D eigenvalue weighted by molar-refractivity contribution is -0.130. The minimum absolute atomic E-state index is 0.213. The molecular weight excluding hydrogens is 256 g/mol. The summed E-state index contributed by atoms with van der Waals surface area (Å²) in [6, 6.07) is -0.613. The second-order valence-electron chi connectivity index (χ2n) is 6.19. The van der Waals surface area contributed by atoms with Gasteiger partial charge in [0, 0.05) is 7.05 Å². The molecule has 5 nitrogen and oxygen atoms in total. The van der Waals surface area contributed by atoms with Crippen LogP contribution in [0.3, 0.4) is 0 Å². The Hall–Kier alpha value is -1.10. The lowest BCUT2D eigenvalue weighted by Crippen LogP contribution is -2.50. The summed E-state index contributed by atoms with van der Waals surface area (Å²) in [5.41, 5.74) is 0. The standard InChI is InChI=1S/C15H26N2O3/c1-10(14(17-9-18)15(19)16-2)20-8-13-7-11-3-5-12(13)6-4-11/h9-14H,3-8H2,1-2H3,(H,16,19)(H,17,18). The average Bonchev–Trinajstić information content (AvgIpc) is 2.50. The van der Waals surface area contributed by atoms with Crippen LogP contribution in [0.25, 0.3) is 0 Å². The number of amides is 2. The number of fused-ring (bicyclic) bond motifs is 3. The van der Waals surface area contributed by atoms with Crippen molar-refractivity contribution < 1.29 is 14.3 Å². The summed E-state index contributed by atoms with van der Waals surface area (Å²) in [5.74, 6) is 2.10. The average molecular weight is 282 g/mol. The first-order valence-electron chi connectivity index (χ1n) is 7.68. The fourth-order valence-electron chi connectivity index (χ4n) is 3.74. The molecule has 0 aliphatic heterocycles. The highest BCUT2D eigenvalue weighted by molar-refractivity contribution is 5.83. The van der Waals surface area contributed by atoms with Crippen LogP contribution in [0, 0.1) is 17.8 Å². The molecular formula is C15H26N2O3. The van der Waals surface area contributed by atoms with E-state index < -0.39 is 6.04 Å². The fraction of sp³-hybridized carbons (Fsp3) is 0.867. The lowest BCUT2D eigenvalue weighted by Gasteiger charge is -2.42. The third-order valence-corrected chi connectivity index (χ3v) is 5.01. The molecule has 2 N–H and O–H groups in total. The number of carbonyl (C=O) groups is 2. The van der Waals surface area contributed by atoms with Gasteiger partial charge in [-0.2, -0.15) is 0 Å². The van der Waals surface area contributed by atoms with Gasteiger partial charge < -0.3 is 15.4 Å². The summed E-state index contributed by atoms with van der Waals surface area (Å²) in [7, 11) is 1.56. The molecule has 3 saturated carbocycles. The zero-order valence-electron chi connectivity index (χ0n) is 12.4. The number of hydrogen-bond acceptors (Lipinski definition) is 3. The first-order valence-corrected chi connectivity index (χ1v) is 7.68. The Kier molecular flexibility index (Phi) is 5.40. The summed E-state index contributed by atoms with van der Waals surface area (Å²) in [5, 5.41) is 5.09. The van der Waals surface area contributed by atoms with Crippen LogP contribution in [0.5, 0.6) is 0 Å². The van der Waals surface area contributed by atoms with Gasteiger partial charge in [-0.15, -0.1) is 0 Å². The van der Waals surface area contributed by atoms with E-state index in [0.29, 0.717) is 18.9 Å². The molecule has 0 heterocycles. The number of carbonyl (C=O) groups excluding carboxylic acids is 2. The molecule has 3 rings (SSSR count). The minimum atomic E-state index is -0.613. The van der Waals surface area contributed by atoms with E-state index in [4.69, 9.17) is 4.74 Å². The van der Waals surface area contributed by atoms with Crippen molar-refractivity contribution >= 4 is 12.3 Å². The van der Waals surface area contributed by atoms with Crippen LogP contribution in [-0.4, -0.2) is 38.1 Å². The van der Waals surface area contributed by atoms with Crippen LogP contribution in [0.1, 0.15) is 39.0 Å². The maximum absolute atomic E-state index is 11.7. The number of hydrogen-bond donors (Lipinski definition) is 2. The molecule has 0 saturated heterocycles. The van der Waals surface area contributed by atoms with Crippen molar-refractivity contribution in [2.75, 3.05) is 13.7 Å². The second-order valence-corrected chi connectivity index (χ2v) is 6.19. The fourth-order valence-corrected chi connectivity index (χ4v) is 3.74. The van der Waals surface area contributed by atoms with Crippen LogP contribution in [-0.2, 0) is 14.3 Å². The number of nitrogens with one attached hydrogen (secondary N) is 2. The van der Waals surface area contributed by atoms with Gasteiger partial charge in [0.05, 0.1) is 12.7 Å². The van der Waals surface area contributed by atoms with Gasteiger partial charge in [0.25, 0.3) is 0 Å². The van der Waals surface area contributed by atoms with Crippen molar-refractivity contribution in [2.24, 2.45) is 17.8 Å². The Bertz CT molecular complexity index is 340. The zero-order chi connectivity index (χ0) is 14.5. The molecule has 20 heavy (non-hydrogen) atoms. The van der Waals surface area contributed by atoms with Crippen molar-refractivity contribution in [1.82, 2.24) is 10.6 Å². The Balaban J connectivity index is 1.82. The van der Waals surface area contributed by atoms with Crippen molar-refractivity contribution in [3.63, 3.8) is 0 Å². The van der Waals surface area contributed by atoms with Gasteiger partial charge in [0.15, 0.2) is 0 Å². The quantitative estimate of drug-likeness (QED) is 0.687. The highest BCUT2D eigenvalue weighted by Gasteiger charge is 2.36. The summed E-state index contributed by atoms with van der Waals surface area (Å²) >= 11 is 0. The normalized spacial score (nSPS) is 31.4. The maximum Gasteiger partial charge on any atom is 0.245 e. The van der Waals surface area contributed by atoms with Gasteiger partial charge in [0.2, 0.25) is 12.3 Å². The van der Waals surface area contributed by atoms with Gasteiger partial charge in [0.1, 0.15) is 6.04 Å². The molecule has 3 fully saturated rings. The highest BCUT2D eigenvalue weighted by atomic mass is 16.5. The van der Waals surface area contributed by atoms with E-state index in [0.717, 1.165) is 11.8 Å². The molecule has 0 spiro atoms. The SMILES string of the molecule is CNC(=O)C(NC=O)C(C)OCC1CC2CCC1CC2. The van der Waals surface area contributed by atoms with Crippen LogP contribution < -0.4 is 10.6 Å². The van der Waals surface area contributed by atoms with E-state index in [9.17, 15) is 9.59 Å². The Morgan fingerprint density at radius 2 is 2.05 bits per heavy atom. The predicted octanol–water partition coefficient (Wildman–Crippen LogP) is 1.08. The van der Waals surface area contributed by atoms with E-state index in [1.165, 1.54) is 32.1 Å². The molecule has 5 heteroatoms. The Morgan fingerprint density at radius 1 is 1.35 bits per heavy atom. The number of ether oxygens (including phenoxy) is 1. The number of rotatable bonds is 7. The highest BCUT2D eigenvalue weighted by Crippen LogP contribution is 2.45. The van der Waals surface area contributed by atoms with E-state index in [1.807, 2.05) is 6.92 Å². The van der Waals surface area contributed by atoms with Crippen molar-refractivity contribution in [1.29, 1.82) is 0 Å². The maximum atomic E-state index is 11.7. The van der Waals surface area contributed by atoms with Crippen molar-refractivity contribution in [2.45, 2.75) is 51.2 Å². The van der Waals surface area contributed by atoms with Gasteiger partial charge in [-0.1, -0.05) is 12.8 Å². The monoisotopic (exact) mass is 282 g/mol. The van der Waals surface area contributed by atoms with Crippen LogP contribution >= 0.6 is 0 Å². The lowest BCUT2D eigenvalue weighted by atomic mass is 9.65. The Labute approximate surface area is 120 Å². The van der Waals surface area contributed by atoms with E-state index >= 15 is 0 Å². The van der Waals surface area contributed by atoms with E-state index in [1.54, 1.807) is 7.05 Å². The summed E-state index contributed by atoms with van der Waals surface area (Å²) in [4.78, 5) is 22.3. The molecule has 2 bridgehead atoms. The van der Waals surface area contributed by atoms with Gasteiger partial charge >= 0.3 is 0 Å². The van der Waals surface area contributed by atoms with Gasteiger partial charge in [-0.3, -0.25) is 9.59 Å². The molecule has 0 aromatic carbocycles. The van der Waals surface area contributed by atoms with E-state index in [-0.39, 0.29) is 12.0 Å². The summed E-state index contributed by atoms with van der Waals surface area (Å²) in [6.07, 6.45) is 6.94. The first-order chi connectivity index (χ1) is 9.65. The largest absolute Gasteiger partial charge is 0.376 e. The van der Waals surface area contributed by atoms with Crippen LogP contribution in [0.2, 0.25) is 0 Å². The molecule has 114 valence electrons. The summed E-state index contributed by atoms with van der Waals surface area (Å²) < 4.78 is 5.89. The third-order valence-electron chi connectivity index (χ3n) is 5.01. The molecule has 0 aromatic heterocycles. The first kappa shape index (κ1) is 15.3. The molecule has 3 atom stereocenters.